The quantitative estimate of drug-likeness (QED) is 0.604. The zero-order chi connectivity index (χ0) is 14.4. The summed E-state index contributed by atoms with van der Waals surface area (Å²) >= 11 is 5.86. The Kier molecular flexibility index (Phi) is 4.97. The highest BCUT2D eigenvalue weighted by atomic mass is 35.5. The van der Waals surface area contributed by atoms with Crippen LogP contribution in [0.3, 0.4) is 0 Å². The van der Waals surface area contributed by atoms with Gasteiger partial charge in [-0.3, -0.25) is 0 Å². The van der Waals surface area contributed by atoms with Crippen molar-refractivity contribution in [2.24, 2.45) is 0 Å². The van der Waals surface area contributed by atoms with Gasteiger partial charge in [-0.15, -0.1) is 0 Å². The van der Waals surface area contributed by atoms with E-state index in [-0.39, 0.29) is 0 Å². The van der Waals surface area contributed by atoms with Crippen LogP contribution in [0.25, 0.3) is 22.6 Å². The lowest BCUT2D eigenvalue weighted by Gasteiger charge is -1.94. The molecule has 0 amide bonds. The predicted octanol–water partition coefficient (Wildman–Crippen LogP) is 5.69. The summed E-state index contributed by atoms with van der Waals surface area (Å²) in [5.41, 5.74) is 2.82. The molecule has 0 radical (unpaired) electrons. The van der Waals surface area contributed by atoms with Crippen molar-refractivity contribution in [2.45, 2.75) is 13.8 Å². The monoisotopic (exact) mass is 285 g/mol. The van der Waals surface area contributed by atoms with Crippen LogP contribution in [0.15, 0.2) is 65.2 Å². The first-order valence-corrected chi connectivity index (χ1v) is 6.99. The maximum atomic E-state index is 5.86. The van der Waals surface area contributed by atoms with E-state index in [4.69, 9.17) is 16.1 Å². The largest absolute Gasteiger partial charge is 0.356 e. The summed E-state index contributed by atoms with van der Waals surface area (Å²) < 4.78 is 5.35. The molecule has 3 heteroatoms. The van der Waals surface area contributed by atoms with Crippen molar-refractivity contribution in [3.05, 3.63) is 65.7 Å². The lowest BCUT2D eigenvalue weighted by atomic mass is 10.1. The standard InChI is InChI=1S/C15H10ClNO.C2H6/c16-13-8-6-11(7-9-13)14-10-15(18-17-14)12-4-2-1-3-5-12;1-2/h1-10H;1-2H3. The molecule has 0 saturated carbocycles. The molecular formula is C17H16ClNO. The highest BCUT2D eigenvalue weighted by molar-refractivity contribution is 6.30. The number of halogens is 1. The molecular weight excluding hydrogens is 270 g/mol. The average molecular weight is 286 g/mol. The molecule has 0 spiro atoms. The molecule has 2 nitrogen and oxygen atoms in total. The number of hydrogen-bond acceptors (Lipinski definition) is 2. The van der Waals surface area contributed by atoms with E-state index in [1.807, 2.05) is 74.5 Å². The SMILES string of the molecule is CC.Clc1ccc(-c2cc(-c3ccccc3)on2)cc1. The van der Waals surface area contributed by atoms with Gasteiger partial charge in [-0.25, -0.2) is 0 Å². The molecule has 3 aromatic rings. The second-order valence-corrected chi connectivity index (χ2v) is 4.39. The number of nitrogens with zero attached hydrogens (tertiary/aromatic N) is 1. The third-order valence-corrected chi connectivity index (χ3v) is 2.96. The molecule has 102 valence electrons. The maximum Gasteiger partial charge on any atom is 0.167 e. The van der Waals surface area contributed by atoms with Gasteiger partial charge in [-0.1, -0.05) is 73.1 Å². The Hall–Kier alpha value is -2.06. The first-order chi connectivity index (χ1) is 9.83. The van der Waals surface area contributed by atoms with Gasteiger partial charge in [0.25, 0.3) is 0 Å². The first-order valence-electron chi connectivity index (χ1n) is 6.61. The van der Waals surface area contributed by atoms with E-state index in [1.54, 1.807) is 0 Å². The molecule has 1 aromatic heterocycles. The Balaban J connectivity index is 0.000000704. The molecule has 0 saturated heterocycles. The van der Waals surface area contributed by atoms with Crippen molar-refractivity contribution in [1.82, 2.24) is 5.16 Å². The van der Waals surface area contributed by atoms with Crippen molar-refractivity contribution in [3.8, 4) is 22.6 Å². The number of hydrogen-bond donors (Lipinski definition) is 0. The van der Waals surface area contributed by atoms with Gasteiger partial charge in [0.05, 0.1) is 0 Å². The lowest BCUT2D eigenvalue weighted by Crippen LogP contribution is -1.75. The third-order valence-electron chi connectivity index (χ3n) is 2.71. The van der Waals surface area contributed by atoms with Crippen molar-refractivity contribution >= 4 is 11.6 Å². The van der Waals surface area contributed by atoms with Gasteiger partial charge >= 0.3 is 0 Å². The number of benzene rings is 2. The summed E-state index contributed by atoms with van der Waals surface area (Å²) in [4.78, 5) is 0. The zero-order valence-corrected chi connectivity index (χ0v) is 12.3. The Morgan fingerprint density at radius 2 is 1.50 bits per heavy atom. The average Bonchev–Trinajstić information content (AvgIpc) is 3.01. The number of aromatic nitrogens is 1. The van der Waals surface area contributed by atoms with E-state index in [2.05, 4.69) is 5.16 Å². The Morgan fingerprint density at radius 3 is 2.15 bits per heavy atom. The van der Waals surface area contributed by atoms with Crippen LogP contribution in [-0.2, 0) is 0 Å². The topological polar surface area (TPSA) is 26.0 Å². The fraction of sp³-hybridized carbons (Fsp3) is 0.118. The molecule has 0 aliphatic rings. The van der Waals surface area contributed by atoms with Crippen LogP contribution in [0.4, 0.5) is 0 Å². The fourth-order valence-electron chi connectivity index (χ4n) is 1.77. The second-order valence-electron chi connectivity index (χ2n) is 3.95. The highest BCUT2D eigenvalue weighted by Gasteiger charge is 2.07. The Morgan fingerprint density at radius 1 is 0.850 bits per heavy atom. The minimum absolute atomic E-state index is 0.713. The van der Waals surface area contributed by atoms with E-state index in [0.717, 1.165) is 22.6 Å². The van der Waals surface area contributed by atoms with Crippen LogP contribution in [0.2, 0.25) is 5.02 Å². The molecule has 2 aromatic carbocycles. The summed E-state index contributed by atoms with van der Waals surface area (Å²) in [7, 11) is 0. The Bertz CT molecular complexity index is 644. The van der Waals surface area contributed by atoms with Crippen molar-refractivity contribution in [1.29, 1.82) is 0 Å². The van der Waals surface area contributed by atoms with Crippen LogP contribution in [-0.4, -0.2) is 5.16 Å². The van der Waals surface area contributed by atoms with E-state index >= 15 is 0 Å². The van der Waals surface area contributed by atoms with Crippen LogP contribution in [0, 0.1) is 0 Å². The van der Waals surface area contributed by atoms with Crippen LogP contribution in [0.1, 0.15) is 13.8 Å². The first kappa shape index (κ1) is 14.4. The lowest BCUT2D eigenvalue weighted by molar-refractivity contribution is 0.435. The van der Waals surface area contributed by atoms with E-state index in [9.17, 15) is 0 Å². The highest BCUT2D eigenvalue weighted by Crippen LogP contribution is 2.26. The van der Waals surface area contributed by atoms with Crippen molar-refractivity contribution in [2.75, 3.05) is 0 Å². The van der Waals surface area contributed by atoms with Crippen LogP contribution < -0.4 is 0 Å². The van der Waals surface area contributed by atoms with Gasteiger partial charge in [-0.2, -0.15) is 0 Å². The predicted molar refractivity (Wildman–Crippen MR) is 83.7 cm³/mol. The fourth-order valence-corrected chi connectivity index (χ4v) is 1.90. The van der Waals surface area contributed by atoms with E-state index < -0.39 is 0 Å². The van der Waals surface area contributed by atoms with Crippen LogP contribution in [0.5, 0.6) is 0 Å². The van der Waals surface area contributed by atoms with Gasteiger partial charge in [-0.05, 0) is 12.1 Å². The molecule has 0 unspecified atom stereocenters. The van der Waals surface area contributed by atoms with Crippen molar-refractivity contribution < 1.29 is 4.52 Å². The molecule has 0 aliphatic heterocycles. The van der Waals surface area contributed by atoms with E-state index in [1.165, 1.54) is 0 Å². The summed E-state index contributed by atoms with van der Waals surface area (Å²) in [6.07, 6.45) is 0. The Labute approximate surface area is 124 Å². The van der Waals surface area contributed by atoms with Crippen molar-refractivity contribution in [3.63, 3.8) is 0 Å². The molecule has 0 aliphatic carbocycles. The maximum absolute atomic E-state index is 5.86. The van der Waals surface area contributed by atoms with Gasteiger partial charge < -0.3 is 4.52 Å². The van der Waals surface area contributed by atoms with Gasteiger partial charge in [0.15, 0.2) is 5.76 Å². The van der Waals surface area contributed by atoms with Gasteiger partial charge in [0, 0.05) is 22.2 Å². The van der Waals surface area contributed by atoms with Crippen LogP contribution >= 0.6 is 11.6 Å². The summed E-state index contributed by atoms with van der Waals surface area (Å²) in [5.74, 6) is 0.764. The van der Waals surface area contributed by atoms with Gasteiger partial charge in [0.1, 0.15) is 5.69 Å². The van der Waals surface area contributed by atoms with E-state index in [0.29, 0.717) is 5.02 Å². The smallest absolute Gasteiger partial charge is 0.167 e. The number of rotatable bonds is 2. The molecule has 1 heterocycles. The molecule has 3 rings (SSSR count). The minimum Gasteiger partial charge on any atom is -0.356 e. The summed E-state index contributed by atoms with van der Waals surface area (Å²) in [5, 5.41) is 4.79. The second kappa shape index (κ2) is 6.92. The third kappa shape index (κ3) is 3.28. The normalized spacial score (nSPS) is 9.75. The molecule has 0 bridgehead atoms. The molecule has 20 heavy (non-hydrogen) atoms. The summed E-state index contributed by atoms with van der Waals surface area (Å²) in [6, 6.07) is 19.4. The summed E-state index contributed by atoms with van der Waals surface area (Å²) in [6.45, 7) is 4.00. The molecule has 0 N–H and O–H groups in total. The molecule has 0 fully saturated rings. The molecule has 0 atom stereocenters. The van der Waals surface area contributed by atoms with Gasteiger partial charge in [0.2, 0.25) is 0 Å². The zero-order valence-electron chi connectivity index (χ0n) is 11.5. The minimum atomic E-state index is 0.713.